The Morgan fingerprint density at radius 1 is 1.25 bits per heavy atom. The van der Waals surface area contributed by atoms with Crippen LogP contribution < -0.4 is 10.6 Å². The van der Waals surface area contributed by atoms with Gasteiger partial charge in [0.25, 0.3) is 0 Å². The molecule has 0 radical (unpaired) electrons. The zero-order chi connectivity index (χ0) is 14.1. The number of H-pyrrole nitrogens is 1. The summed E-state index contributed by atoms with van der Waals surface area (Å²) in [5.74, 6) is 0.550. The summed E-state index contributed by atoms with van der Waals surface area (Å²) in [6.07, 6.45) is 1.52. The van der Waals surface area contributed by atoms with Gasteiger partial charge in [0.2, 0.25) is 5.95 Å². The van der Waals surface area contributed by atoms with Crippen molar-refractivity contribution < 1.29 is 4.39 Å². The van der Waals surface area contributed by atoms with Gasteiger partial charge in [-0.25, -0.2) is 9.37 Å². The lowest BCUT2D eigenvalue weighted by Crippen LogP contribution is -2.03. The van der Waals surface area contributed by atoms with Crippen molar-refractivity contribution >= 4 is 28.6 Å². The van der Waals surface area contributed by atoms with Gasteiger partial charge < -0.3 is 15.6 Å². The Morgan fingerprint density at radius 2 is 2.10 bits per heavy atom. The van der Waals surface area contributed by atoms with Gasteiger partial charge in [-0.3, -0.25) is 0 Å². The van der Waals surface area contributed by atoms with E-state index in [0.29, 0.717) is 28.6 Å². The molecular weight excluding hydrogens is 259 g/mol. The summed E-state index contributed by atoms with van der Waals surface area (Å²) >= 11 is 0. The van der Waals surface area contributed by atoms with E-state index >= 15 is 0 Å². The maximum Gasteiger partial charge on any atom is 0.226 e. The first-order valence-corrected chi connectivity index (χ1v) is 6.09. The summed E-state index contributed by atoms with van der Waals surface area (Å²) in [4.78, 5) is 15.5. The van der Waals surface area contributed by atoms with Gasteiger partial charge in [0.15, 0.2) is 11.5 Å². The third-order valence-electron chi connectivity index (χ3n) is 2.88. The Bertz CT molecular complexity index is 767. The topological polar surface area (TPSA) is 78.5 Å². The lowest BCUT2D eigenvalue weighted by molar-refractivity contribution is 0.631. The van der Waals surface area contributed by atoms with E-state index in [1.807, 2.05) is 6.92 Å². The van der Waals surface area contributed by atoms with Gasteiger partial charge in [-0.1, -0.05) is 6.07 Å². The SMILES string of the molecule is CNc1nc(Nc2cc(C)ccc2F)c2[nH]cnc2n1. The molecule has 0 amide bonds. The number of aromatic nitrogens is 4. The van der Waals surface area contributed by atoms with Crippen LogP contribution in [0.4, 0.5) is 21.8 Å². The molecule has 0 spiro atoms. The second-order valence-electron chi connectivity index (χ2n) is 4.36. The van der Waals surface area contributed by atoms with Gasteiger partial charge in [-0.2, -0.15) is 9.97 Å². The highest BCUT2D eigenvalue weighted by molar-refractivity contribution is 5.86. The molecule has 2 aromatic heterocycles. The van der Waals surface area contributed by atoms with Crippen molar-refractivity contribution in [3.8, 4) is 0 Å². The van der Waals surface area contributed by atoms with Gasteiger partial charge in [0.05, 0.1) is 12.0 Å². The van der Waals surface area contributed by atoms with Crippen molar-refractivity contribution in [3.05, 3.63) is 35.9 Å². The van der Waals surface area contributed by atoms with Crippen LogP contribution in [0.3, 0.4) is 0 Å². The molecule has 20 heavy (non-hydrogen) atoms. The molecule has 2 heterocycles. The highest BCUT2D eigenvalue weighted by Gasteiger charge is 2.11. The van der Waals surface area contributed by atoms with E-state index in [9.17, 15) is 4.39 Å². The van der Waals surface area contributed by atoms with Gasteiger partial charge in [-0.15, -0.1) is 0 Å². The molecule has 7 heteroatoms. The average Bonchev–Trinajstić information content (AvgIpc) is 2.91. The first-order valence-electron chi connectivity index (χ1n) is 6.09. The third-order valence-corrected chi connectivity index (χ3v) is 2.88. The number of hydrogen-bond donors (Lipinski definition) is 3. The fourth-order valence-corrected chi connectivity index (χ4v) is 1.90. The number of imidazole rings is 1. The number of hydrogen-bond acceptors (Lipinski definition) is 5. The van der Waals surface area contributed by atoms with Crippen LogP contribution in [-0.2, 0) is 0 Å². The minimum atomic E-state index is -0.340. The summed E-state index contributed by atoms with van der Waals surface area (Å²) in [5, 5.41) is 5.83. The molecule has 0 unspecified atom stereocenters. The summed E-state index contributed by atoms with van der Waals surface area (Å²) in [7, 11) is 1.71. The Hall–Kier alpha value is -2.70. The summed E-state index contributed by atoms with van der Waals surface area (Å²) in [5.41, 5.74) is 2.46. The van der Waals surface area contributed by atoms with Crippen LogP contribution in [0.2, 0.25) is 0 Å². The Labute approximate surface area is 114 Å². The van der Waals surface area contributed by atoms with E-state index in [-0.39, 0.29) is 5.82 Å². The van der Waals surface area contributed by atoms with Crippen molar-refractivity contribution in [1.29, 1.82) is 0 Å². The molecule has 0 fully saturated rings. The molecule has 3 aromatic rings. The van der Waals surface area contributed by atoms with E-state index in [1.165, 1.54) is 12.4 Å². The second-order valence-corrected chi connectivity index (χ2v) is 4.36. The predicted octanol–water partition coefficient (Wildman–Crippen LogP) is 2.59. The number of nitrogens with one attached hydrogen (secondary N) is 3. The number of fused-ring (bicyclic) bond motifs is 1. The van der Waals surface area contributed by atoms with E-state index in [0.717, 1.165) is 5.56 Å². The molecule has 0 atom stereocenters. The van der Waals surface area contributed by atoms with Crippen LogP contribution in [0.1, 0.15) is 5.56 Å². The van der Waals surface area contributed by atoms with E-state index < -0.39 is 0 Å². The van der Waals surface area contributed by atoms with E-state index in [4.69, 9.17) is 0 Å². The Morgan fingerprint density at radius 3 is 2.90 bits per heavy atom. The smallest absolute Gasteiger partial charge is 0.226 e. The Balaban J connectivity index is 2.09. The largest absolute Gasteiger partial charge is 0.357 e. The van der Waals surface area contributed by atoms with Crippen LogP contribution in [0.5, 0.6) is 0 Å². The van der Waals surface area contributed by atoms with Gasteiger partial charge in [-0.05, 0) is 24.6 Å². The number of aromatic amines is 1. The van der Waals surface area contributed by atoms with E-state index in [1.54, 1.807) is 19.2 Å². The first-order chi connectivity index (χ1) is 9.67. The number of rotatable bonds is 3. The van der Waals surface area contributed by atoms with Gasteiger partial charge in [0, 0.05) is 7.05 Å². The van der Waals surface area contributed by atoms with Gasteiger partial charge >= 0.3 is 0 Å². The van der Waals surface area contributed by atoms with Crippen molar-refractivity contribution in [2.75, 3.05) is 17.7 Å². The number of nitrogens with zero attached hydrogens (tertiary/aromatic N) is 3. The lowest BCUT2D eigenvalue weighted by atomic mass is 10.2. The predicted molar refractivity (Wildman–Crippen MR) is 75.7 cm³/mol. The first kappa shape index (κ1) is 12.3. The quantitative estimate of drug-likeness (QED) is 0.683. The van der Waals surface area contributed by atoms with E-state index in [2.05, 4.69) is 30.6 Å². The number of benzene rings is 1. The molecule has 0 bridgehead atoms. The second kappa shape index (κ2) is 4.76. The van der Waals surface area contributed by atoms with Crippen molar-refractivity contribution in [1.82, 2.24) is 19.9 Å². The van der Waals surface area contributed by atoms with Crippen LogP contribution in [0.15, 0.2) is 24.5 Å². The zero-order valence-corrected chi connectivity index (χ0v) is 11.0. The molecule has 6 nitrogen and oxygen atoms in total. The molecule has 102 valence electrons. The average molecular weight is 272 g/mol. The molecular formula is C13H13FN6. The van der Waals surface area contributed by atoms with Crippen LogP contribution >= 0.6 is 0 Å². The summed E-state index contributed by atoms with van der Waals surface area (Å²) in [6, 6.07) is 4.85. The van der Waals surface area contributed by atoms with Gasteiger partial charge in [0.1, 0.15) is 11.3 Å². The summed E-state index contributed by atoms with van der Waals surface area (Å²) in [6.45, 7) is 1.90. The van der Waals surface area contributed by atoms with Crippen molar-refractivity contribution in [2.45, 2.75) is 6.92 Å². The highest BCUT2D eigenvalue weighted by atomic mass is 19.1. The standard InChI is InChI=1S/C13H13FN6/c1-7-3-4-8(14)9(5-7)18-12-10-11(17-6-16-10)19-13(15-2)20-12/h3-6H,1-2H3,(H3,15,16,17,18,19,20). The highest BCUT2D eigenvalue weighted by Crippen LogP contribution is 2.25. The molecule has 0 aliphatic heterocycles. The molecule has 0 saturated heterocycles. The van der Waals surface area contributed by atoms with Crippen LogP contribution in [-0.4, -0.2) is 27.0 Å². The minimum Gasteiger partial charge on any atom is -0.357 e. The van der Waals surface area contributed by atoms with Crippen molar-refractivity contribution in [3.63, 3.8) is 0 Å². The zero-order valence-electron chi connectivity index (χ0n) is 11.0. The fourth-order valence-electron chi connectivity index (χ4n) is 1.90. The number of halogens is 1. The van der Waals surface area contributed by atoms with Crippen LogP contribution in [0.25, 0.3) is 11.2 Å². The molecule has 1 aromatic carbocycles. The number of aryl methyl sites for hydroxylation is 1. The number of anilines is 3. The molecule has 0 saturated carbocycles. The third kappa shape index (κ3) is 2.13. The maximum absolute atomic E-state index is 13.8. The lowest BCUT2D eigenvalue weighted by Gasteiger charge is -2.09. The fraction of sp³-hybridized carbons (Fsp3) is 0.154. The minimum absolute atomic E-state index is 0.340. The summed E-state index contributed by atoms with van der Waals surface area (Å²) < 4.78 is 13.8. The van der Waals surface area contributed by atoms with Crippen molar-refractivity contribution in [2.24, 2.45) is 0 Å². The molecule has 3 rings (SSSR count). The Kier molecular flexibility index (Phi) is 2.94. The van der Waals surface area contributed by atoms with Crippen LogP contribution in [0, 0.1) is 12.7 Å². The maximum atomic E-state index is 13.8. The molecule has 0 aliphatic rings. The normalized spacial score (nSPS) is 10.8. The molecule has 0 aliphatic carbocycles. The monoisotopic (exact) mass is 272 g/mol. The molecule has 3 N–H and O–H groups in total.